The van der Waals surface area contributed by atoms with Crippen molar-refractivity contribution in [2.75, 3.05) is 4.90 Å². The topological polar surface area (TPSA) is 3.24 Å². The van der Waals surface area contributed by atoms with Crippen molar-refractivity contribution >= 4 is 27.8 Å². The standard InChI is InChI=1S/C56H53N/c1-56(2)53-36-47(30-31-49(53)50-19-11-18-48(55(50)56)41-24-22-39(23-25-41)38-12-5-3-6-13-38)57(46-28-26-42(27-29-46)51-33-37-20-21-45(51)32-37)54-35-44-17-10-9-16-43(44)34-52(54)40-14-7-4-8-15-40/h3,5-6,9-13,16-19,22-31,34-37,40,45,51H,4,7-8,14-15,20-21,32-33H2,1-2H3. The van der Waals surface area contributed by atoms with E-state index in [2.05, 4.69) is 170 Å². The van der Waals surface area contributed by atoms with E-state index < -0.39 is 0 Å². The highest BCUT2D eigenvalue weighted by Crippen LogP contribution is 2.56. The van der Waals surface area contributed by atoms with Crippen LogP contribution in [-0.2, 0) is 5.41 Å². The van der Waals surface area contributed by atoms with E-state index >= 15 is 0 Å². The summed E-state index contributed by atoms with van der Waals surface area (Å²) in [5, 5.41) is 2.66. The molecule has 0 N–H and O–H groups in total. The fourth-order valence-corrected chi connectivity index (χ4v) is 11.9. The van der Waals surface area contributed by atoms with Gasteiger partial charge in [0.1, 0.15) is 0 Å². The van der Waals surface area contributed by atoms with Crippen LogP contribution in [-0.4, -0.2) is 0 Å². The predicted octanol–water partition coefficient (Wildman–Crippen LogP) is 15.9. The molecule has 7 aromatic rings. The molecule has 11 rings (SSSR count). The zero-order valence-electron chi connectivity index (χ0n) is 33.6. The lowest BCUT2D eigenvalue weighted by Crippen LogP contribution is -2.19. The van der Waals surface area contributed by atoms with Crippen LogP contribution in [0.3, 0.4) is 0 Å². The molecule has 0 aromatic heterocycles. The Labute approximate surface area is 339 Å². The summed E-state index contributed by atoms with van der Waals surface area (Å²) < 4.78 is 0. The molecule has 282 valence electrons. The van der Waals surface area contributed by atoms with Crippen molar-refractivity contribution in [3.63, 3.8) is 0 Å². The van der Waals surface area contributed by atoms with Crippen molar-refractivity contribution in [3.8, 4) is 33.4 Å². The summed E-state index contributed by atoms with van der Waals surface area (Å²) in [6.07, 6.45) is 12.2. The smallest absolute Gasteiger partial charge is 0.0502 e. The summed E-state index contributed by atoms with van der Waals surface area (Å²) in [7, 11) is 0. The molecule has 0 saturated heterocycles. The summed E-state index contributed by atoms with van der Waals surface area (Å²) in [5.74, 6) is 3.12. The van der Waals surface area contributed by atoms with E-state index in [1.54, 1.807) is 5.56 Å². The SMILES string of the molecule is CC1(C)c2cc(N(c3ccc(C4CC5CCC4C5)cc3)c3cc4ccccc4cc3C3CCCCC3)ccc2-c2cccc(-c3ccc(-c4ccccc4)cc3)c21. The molecule has 0 spiro atoms. The van der Waals surface area contributed by atoms with Gasteiger partial charge in [-0.2, -0.15) is 0 Å². The first-order valence-electron chi connectivity index (χ1n) is 21.9. The fourth-order valence-electron chi connectivity index (χ4n) is 11.9. The van der Waals surface area contributed by atoms with Gasteiger partial charge in [-0.05, 0) is 159 Å². The van der Waals surface area contributed by atoms with E-state index in [1.165, 1.54) is 136 Å². The lowest BCUT2D eigenvalue weighted by Gasteiger charge is -2.33. The van der Waals surface area contributed by atoms with Gasteiger partial charge in [-0.1, -0.05) is 155 Å². The van der Waals surface area contributed by atoms with Crippen molar-refractivity contribution < 1.29 is 0 Å². The average molecular weight is 740 g/mol. The van der Waals surface area contributed by atoms with Gasteiger partial charge in [0.15, 0.2) is 0 Å². The molecule has 3 unspecified atom stereocenters. The van der Waals surface area contributed by atoms with Gasteiger partial charge in [-0.15, -0.1) is 0 Å². The number of anilines is 3. The minimum Gasteiger partial charge on any atom is -0.310 e. The third-order valence-electron chi connectivity index (χ3n) is 14.7. The van der Waals surface area contributed by atoms with Crippen LogP contribution in [0.2, 0.25) is 0 Å². The Hall–Kier alpha value is -5.40. The molecule has 4 aliphatic carbocycles. The molecule has 0 radical (unpaired) electrons. The Bertz CT molecular complexity index is 2590. The molecule has 7 aromatic carbocycles. The largest absolute Gasteiger partial charge is 0.310 e. The second kappa shape index (κ2) is 13.9. The number of hydrogen-bond donors (Lipinski definition) is 0. The molecule has 1 nitrogen and oxygen atoms in total. The zero-order chi connectivity index (χ0) is 38.1. The summed E-state index contributed by atoms with van der Waals surface area (Å²) in [5.41, 5.74) is 17.4. The lowest BCUT2D eigenvalue weighted by atomic mass is 9.78. The first-order valence-corrected chi connectivity index (χ1v) is 21.9. The Balaban J connectivity index is 1.04. The van der Waals surface area contributed by atoms with Crippen LogP contribution in [0.4, 0.5) is 17.1 Å². The molecular weight excluding hydrogens is 687 g/mol. The number of rotatable bonds is 7. The Morgan fingerprint density at radius 2 is 1.19 bits per heavy atom. The van der Waals surface area contributed by atoms with E-state index in [0.717, 1.165) is 17.8 Å². The minimum absolute atomic E-state index is 0.178. The fraction of sp³-hybridized carbons (Fsp3) is 0.286. The van der Waals surface area contributed by atoms with Crippen molar-refractivity contribution in [2.45, 2.75) is 88.9 Å². The Morgan fingerprint density at radius 3 is 1.93 bits per heavy atom. The monoisotopic (exact) mass is 739 g/mol. The van der Waals surface area contributed by atoms with E-state index in [1.807, 2.05) is 0 Å². The molecule has 0 amide bonds. The lowest BCUT2D eigenvalue weighted by molar-refractivity contribution is 0.420. The first kappa shape index (κ1) is 34.8. The maximum atomic E-state index is 2.63. The molecule has 4 aliphatic rings. The van der Waals surface area contributed by atoms with Crippen molar-refractivity contribution in [3.05, 3.63) is 174 Å². The molecule has 3 atom stereocenters. The summed E-state index contributed by atoms with van der Waals surface area (Å²) in [4.78, 5) is 2.63. The third kappa shape index (κ3) is 5.96. The van der Waals surface area contributed by atoms with Gasteiger partial charge in [0, 0.05) is 16.8 Å². The van der Waals surface area contributed by atoms with Gasteiger partial charge in [0.2, 0.25) is 0 Å². The van der Waals surface area contributed by atoms with E-state index in [9.17, 15) is 0 Å². The van der Waals surface area contributed by atoms with Crippen LogP contribution >= 0.6 is 0 Å². The van der Waals surface area contributed by atoms with Crippen molar-refractivity contribution in [1.29, 1.82) is 0 Å². The molecule has 0 heterocycles. The van der Waals surface area contributed by atoms with Gasteiger partial charge in [0.25, 0.3) is 0 Å². The summed E-state index contributed by atoms with van der Waals surface area (Å²) in [6.45, 7) is 4.89. The van der Waals surface area contributed by atoms with Crippen LogP contribution in [0.25, 0.3) is 44.2 Å². The Morgan fingerprint density at radius 1 is 0.509 bits per heavy atom. The van der Waals surface area contributed by atoms with Crippen molar-refractivity contribution in [1.82, 2.24) is 0 Å². The van der Waals surface area contributed by atoms with Gasteiger partial charge >= 0.3 is 0 Å². The average Bonchev–Trinajstić information content (AvgIpc) is 3.97. The number of hydrogen-bond acceptors (Lipinski definition) is 1. The first-order chi connectivity index (χ1) is 28.0. The quantitative estimate of drug-likeness (QED) is 0.157. The highest BCUT2D eigenvalue weighted by Gasteiger charge is 2.41. The summed E-state index contributed by atoms with van der Waals surface area (Å²) in [6, 6.07) is 58.2. The third-order valence-corrected chi connectivity index (χ3v) is 14.7. The highest BCUT2D eigenvalue weighted by atomic mass is 15.1. The maximum Gasteiger partial charge on any atom is 0.0502 e. The second-order valence-electron chi connectivity index (χ2n) is 18.3. The van der Waals surface area contributed by atoms with E-state index in [0.29, 0.717) is 5.92 Å². The van der Waals surface area contributed by atoms with Gasteiger partial charge < -0.3 is 4.90 Å². The molecule has 3 fully saturated rings. The molecule has 57 heavy (non-hydrogen) atoms. The van der Waals surface area contributed by atoms with E-state index in [-0.39, 0.29) is 5.41 Å². The molecule has 0 aliphatic heterocycles. The van der Waals surface area contributed by atoms with Gasteiger partial charge in [0.05, 0.1) is 5.69 Å². The van der Waals surface area contributed by atoms with Crippen LogP contribution < -0.4 is 4.90 Å². The molecule has 2 bridgehead atoms. The number of nitrogens with zero attached hydrogens (tertiary/aromatic N) is 1. The maximum absolute atomic E-state index is 2.63. The highest BCUT2D eigenvalue weighted by molar-refractivity contribution is 5.94. The second-order valence-corrected chi connectivity index (χ2v) is 18.3. The van der Waals surface area contributed by atoms with Gasteiger partial charge in [-0.3, -0.25) is 0 Å². The van der Waals surface area contributed by atoms with Crippen LogP contribution in [0.5, 0.6) is 0 Å². The number of benzene rings is 7. The normalized spacial score (nSPS) is 20.8. The predicted molar refractivity (Wildman–Crippen MR) is 241 cm³/mol. The molecule has 3 saturated carbocycles. The number of fused-ring (bicyclic) bond motifs is 6. The zero-order valence-corrected chi connectivity index (χ0v) is 33.6. The molecule has 1 heteroatoms. The van der Waals surface area contributed by atoms with Crippen molar-refractivity contribution in [2.24, 2.45) is 11.8 Å². The van der Waals surface area contributed by atoms with Crippen LogP contribution in [0, 0.1) is 11.8 Å². The Kier molecular flexibility index (Phi) is 8.50. The van der Waals surface area contributed by atoms with Crippen LogP contribution in [0.1, 0.15) is 106 Å². The minimum atomic E-state index is -0.178. The van der Waals surface area contributed by atoms with Gasteiger partial charge in [-0.25, -0.2) is 0 Å². The van der Waals surface area contributed by atoms with E-state index in [4.69, 9.17) is 0 Å². The summed E-state index contributed by atoms with van der Waals surface area (Å²) >= 11 is 0. The van der Waals surface area contributed by atoms with Crippen LogP contribution in [0.15, 0.2) is 152 Å². The molecular formula is C56H53N.